The summed E-state index contributed by atoms with van der Waals surface area (Å²) in [6, 6.07) is 0.495. The smallest absolute Gasteiger partial charge is 0.180 e. The van der Waals surface area contributed by atoms with Crippen LogP contribution in [0.4, 0.5) is 11.6 Å². The van der Waals surface area contributed by atoms with Crippen molar-refractivity contribution in [1.29, 1.82) is 0 Å². The number of anilines is 2. The van der Waals surface area contributed by atoms with Gasteiger partial charge in [0, 0.05) is 25.5 Å². The zero-order chi connectivity index (χ0) is 13.5. The van der Waals surface area contributed by atoms with Gasteiger partial charge in [-0.15, -0.1) is 0 Å². The van der Waals surface area contributed by atoms with Crippen LogP contribution in [0, 0.1) is 5.41 Å². The van der Waals surface area contributed by atoms with E-state index in [1.165, 1.54) is 19.3 Å². The predicted octanol–water partition coefficient (Wildman–Crippen LogP) is 2.76. The summed E-state index contributed by atoms with van der Waals surface area (Å²) >= 11 is 0. The van der Waals surface area contributed by atoms with Crippen LogP contribution in [0.25, 0.3) is 5.65 Å². The summed E-state index contributed by atoms with van der Waals surface area (Å²) in [4.78, 5) is 8.98. The number of nitrogens with zero attached hydrogens (tertiary/aromatic N) is 3. The van der Waals surface area contributed by atoms with E-state index in [0.29, 0.717) is 11.5 Å². The Morgan fingerprint density at radius 3 is 2.95 bits per heavy atom. The van der Waals surface area contributed by atoms with Crippen LogP contribution in [0.1, 0.15) is 33.1 Å². The zero-order valence-corrected chi connectivity index (χ0v) is 11.8. The first-order valence-corrected chi connectivity index (χ1v) is 6.85. The van der Waals surface area contributed by atoms with Crippen LogP contribution >= 0.6 is 0 Å². The third-order valence-electron chi connectivity index (χ3n) is 3.94. The fraction of sp³-hybridized carbons (Fsp3) is 0.571. The summed E-state index contributed by atoms with van der Waals surface area (Å²) in [5, 5.41) is 6.66. The zero-order valence-electron chi connectivity index (χ0n) is 11.8. The molecule has 1 aliphatic rings. The van der Waals surface area contributed by atoms with Gasteiger partial charge >= 0.3 is 0 Å². The van der Waals surface area contributed by atoms with Gasteiger partial charge in [0.1, 0.15) is 5.82 Å². The van der Waals surface area contributed by atoms with Gasteiger partial charge < -0.3 is 15.0 Å². The van der Waals surface area contributed by atoms with Crippen molar-refractivity contribution < 1.29 is 0 Å². The minimum Gasteiger partial charge on any atom is -0.372 e. The highest BCUT2D eigenvalue weighted by Crippen LogP contribution is 2.38. The van der Waals surface area contributed by atoms with Crippen LogP contribution in [0.3, 0.4) is 0 Å². The molecule has 19 heavy (non-hydrogen) atoms. The van der Waals surface area contributed by atoms with Crippen LogP contribution in [0.5, 0.6) is 0 Å². The Labute approximate surface area is 113 Å². The van der Waals surface area contributed by atoms with E-state index in [1.54, 1.807) is 6.20 Å². The SMILES string of the molecule is CNc1cn2ccnc2c(NC2CCC(C)(C)C2)n1. The van der Waals surface area contributed by atoms with E-state index in [4.69, 9.17) is 0 Å². The number of aromatic nitrogens is 3. The standard InChI is InChI=1S/C14H21N5/c1-14(2)5-4-10(8-14)17-12-13-16-6-7-19(13)9-11(15-3)18-12/h6-7,9-10,15H,4-5,8H2,1-3H3,(H,17,18). The van der Waals surface area contributed by atoms with Gasteiger partial charge in [-0.3, -0.25) is 0 Å². The third kappa shape index (κ3) is 2.37. The summed E-state index contributed by atoms with van der Waals surface area (Å²) in [6.45, 7) is 4.66. The van der Waals surface area contributed by atoms with Gasteiger partial charge in [-0.1, -0.05) is 13.8 Å². The largest absolute Gasteiger partial charge is 0.372 e. The minimum absolute atomic E-state index is 0.435. The minimum atomic E-state index is 0.435. The quantitative estimate of drug-likeness (QED) is 0.890. The molecule has 1 fully saturated rings. The lowest BCUT2D eigenvalue weighted by molar-refractivity contribution is 0.378. The molecule has 5 heteroatoms. The van der Waals surface area contributed by atoms with E-state index in [0.717, 1.165) is 17.3 Å². The Balaban J connectivity index is 1.89. The van der Waals surface area contributed by atoms with E-state index < -0.39 is 0 Å². The molecule has 3 rings (SSSR count). The number of fused-ring (bicyclic) bond motifs is 1. The summed E-state index contributed by atoms with van der Waals surface area (Å²) in [7, 11) is 1.88. The average Bonchev–Trinajstić information content (AvgIpc) is 2.95. The first-order valence-electron chi connectivity index (χ1n) is 6.85. The van der Waals surface area contributed by atoms with Crippen molar-refractivity contribution >= 4 is 17.3 Å². The highest BCUT2D eigenvalue weighted by molar-refractivity contribution is 5.65. The van der Waals surface area contributed by atoms with E-state index in [9.17, 15) is 0 Å². The van der Waals surface area contributed by atoms with Crippen LogP contribution in [0.15, 0.2) is 18.6 Å². The Hall–Kier alpha value is -1.78. The number of imidazole rings is 1. The fourth-order valence-corrected chi connectivity index (χ4v) is 2.90. The Kier molecular flexibility index (Phi) is 2.84. The summed E-state index contributed by atoms with van der Waals surface area (Å²) in [5.41, 5.74) is 1.33. The molecule has 1 aliphatic carbocycles. The van der Waals surface area contributed by atoms with Crippen molar-refractivity contribution in [1.82, 2.24) is 14.4 Å². The molecule has 0 radical (unpaired) electrons. The molecule has 2 heterocycles. The molecule has 0 amide bonds. The van der Waals surface area contributed by atoms with Gasteiger partial charge in [-0.25, -0.2) is 9.97 Å². The second kappa shape index (κ2) is 4.40. The average molecular weight is 259 g/mol. The van der Waals surface area contributed by atoms with Gasteiger partial charge in [0.15, 0.2) is 11.5 Å². The van der Waals surface area contributed by atoms with Gasteiger partial charge in [0.2, 0.25) is 0 Å². The monoisotopic (exact) mass is 259 g/mol. The van der Waals surface area contributed by atoms with E-state index in [1.807, 2.05) is 23.8 Å². The van der Waals surface area contributed by atoms with Crippen molar-refractivity contribution in [3.63, 3.8) is 0 Å². The first-order chi connectivity index (χ1) is 9.07. The Morgan fingerprint density at radius 1 is 1.42 bits per heavy atom. The molecular weight excluding hydrogens is 238 g/mol. The number of nitrogens with one attached hydrogen (secondary N) is 2. The number of hydrogen-bond donors (Lipinski definition) is 2. The summed E-state index contributed by atoms with van der Waals surface area (Å²) in [6.07, 6.45) is 9.35. The first kappa shape index (κ1) is 12.3. The predicted molar refractivity (Wildman–Crippen MR) is 77.6 cm³/mol. The lowest BCUT2D eigenvalue weighted by Crippen LogP contribution is -2.19. The molecular formula is C14H21N5. The van der Waals surface area contributed by atoms with Crippen LogP contribution in [-0.4, -0.2) is 27.5 Å². The maximum Gasteiger partial charge on any atom is 0.180 e. The van der Waals surface area contributed by atoms with Crippen LogP contribution in [0.2, 0.25) is 0 Å². The van der Waals surface area contributed by atoms with Gasteiger partial charge in [0.25, 0.3) is 0 Å². The van der Waals surface area contributed by atoms with Crippen molar-refractivity contribution in [2.24, 2.45) is 5.41 Å². The van der Waals surface area contributed by atoms with E-state index in [2.05, 4.69) is 34.4 Å². The van der Waals surface area contributed by atoms with E-state index >= 15 is 0 Å². The molecule has 0 saturated heterocycles. The second-order valence-corrected chi connectivity index (χ2v) is 6.13. The summed E-state index contributed by atoms with van der Waals surface area (Å²) in [5.74, 6) is 1.73. The topological polar surface area (TPSA) is 54.2 Å². The Morgan fingerprint density at radius 2 is 2.26 bits per heavy atom. The van der Waals surface area contributed by atoms with Crippen molar-refractivity contribution in [2.75, 3.05) is 17.7 Å². The van der Waals surface area contributed by atoms with Crippen molar-refractivity contribution in [3.8, 4) is 0 Å². The van der Waals surface area contributed by atoms with Crippen LogP contribution < -0.4 is 10.6 Å². The lowest BCUT2D eigenvalue weighted by Gasteiger charge is -2.18. The third-order valence-corrected chi connectivity index (χ3v) is 3.94. The Bertz CT molecular complexity index is 587. The van der Waals surface area contributed by atoms with E-state index in [-0.39, 0.29) is 0 Å². The molecule has 0 bridgehead atoms. The lowest BCUT2D eigenvalue weighted by atomic mass is 9.92. The molecule has 0 aliphatic heterocycles. The maximum absolute atomic E-state index is 4.60. The van der Waals surface area contributed by atoms with Crippen molar-refractivity contribution in [3.05, 3.63) is 18.6 Å². The second-order valence-electron chi connectivity index (χ2n) is 6.13. The molecule has 0 aromatic carbocycles. The van der Waals surface area contributed by atoms with Crippen LogP contribution in [-0.2, 0) is 0 Å². The molecule has 102 valence electrons. The highest BCUT2D eigenvalue weighted by Gasteiger charge is 2.31. The molecule has 1 saturated carbocycles. The number of rotatable bonds is 3. The van der Waals surface area contributed by atoms with Gasteiger partial charge in [-0.2, -0.15) is 0 Å². The van der Waals surface area contributed by atoms with Gasteiger partial charge in [0.05, 0.1) is 6.20 Å². The highest BCUT2D eigenvalue weighted by atomic mass is 15.1. The normalized spacial score (nSPS) is 21.7. The molecule has 1 atom stereocenters. The summed E-state index contributed by atoms with van der Waals surface area (Å²) < 4.78 is 2.00. The fourth-order valence-electron chi connectivity index (χ4n) is 2.90. The molecule has 0 spiro atoms. The van der Waals surface area contributed by atoms with Crippen molar-refractivity contribution in [2.45, 2.75) is 39.2 Å². The molecule has 2 aromatic heterocycles. The number of hydrogen-bond acceptors (Lipinski definition) is 4. The molecule has 2 N–H and O–H groups in total. The molecule has 1 unspecified atom stereocenters. The maximum atomic E-state index is 4.60. The van der Waals surface area contributed by atoms with Gasteiger partial charge in [-0.05, 0) is 24.7 Å². The molecule has 2 aromatic rings. The molecule has 5 nitrogen and oxygen atoms in total.